The summed E-state index contributed by atoms with van der Waals surface area (Å²) in [6, 6.07) is 17.7. The SMILES string of the molecule is CCCCCCCCCCCCc1ccc(-c2ccc(B3OC(C)(C)C(C)(C)O3)cc2)cc1. The summed E-state index contributed by atoms with van der Waals surface area (Å²) < 4.78 is 12.4. The van der Waals surface area contributed by atoms with Crippen LogP contribution >= 0.6 is 0 Å². The first-order chi connectivity index (χ1) is 15.8. The van der Waals surface area contributed by atoms with Gasteiger partial charge >= 0.3 is 7.12 Å². The van der Waals surface area contributed by atoms with Crippen molar-refractivity contribution >= 4 is 12.6 Å². The first-order valence-corrected chi connectivity index (χ1v) is 13.4. The molecule has 1 fully saturated rings. The van der Waals surface area contributed by atoms with Crippen LogP contribution in [-0.2, 0) is 15.7 Å². The van der Waals surface area contributed by atoms with Crippen molar-refractivity contribution in [2.75, 3.05) is 0 Å². The number of rotatable bonds is 13. The molecule has 2 nitrogen and oxygen atoms in total. The molecule has 180 valence electrons. The van der Waals surface area contributed by atoms with Crippen LogP contribution in [0.4, 0.5) is 0 Å². The highest BCUT2D eigenvalue weighted by molar-refractivity contribution is 6.62. The normalized spacial score (nSPS) is 16.9. The minimum absolute atomic E-state index is 0.299. The summed E-state index contributed by atoms with van der Waals surface area (Å²) in [5, 5.41) is 0. The Labute approximate surface area is 203 Å². The first kappa shape index (κ1) is 26.0. The van der Waals surface area contributed by atoms with Crippen molar-refractivity contribution in [1.29, 1.82) is 0 Å². The molecular formula is C30H45BO2. The smallest absolute Gasteiger partial charge is 0.399 e. The fourth-order valence-electron chi connectivity index (χ4n) is 4.49. The number of aryl methyl sites for hydroxylation is 1. The largest absolute Gasteiger partial charge is 0.494 e. The Balaban J connectivity index is 1.39. The molecule has 0 atom stereocenters. The van der Waals surface area contributed by atoms with Crippen LogP contribution in [0.1, 0.15) is 104 Å². The molecule has 1 aliphatic heterocycles. The lowest BCUT2D eigenvalue weighted by Gasteiger charge is -2.32. The zero-order chi connectivity index (χ0) is 23.7. The molecule has 3 heteroatoms. The minimum Gasteiger partial charge on any atom is -0.399 e. The maximum absolute atomic E-state index is 6.18. The predicted octanol–water partition coefficient (Wildman–Crippen LogP) is 8.12. The van der Waals surface area contributed by atoms with Crippen LogP contribution in [0.25, 0.3) is 11.1 Å². The van der Waals surface area contributed by atoms with Gasteiger partial charge in [-0.1, -0.05) is 113 Å². The van der Waals surface area contributed by atoms with E-state index in [1.807, 2.05) is 0 Å². The van der Waals surface area contributed by atoms with Gasteiger partial charge in [0.25, 0.3) is 0 Å². The quantitative estimate of drug-likeness (QED) is 0.228. The lowest BCUT2D eigenvalue weighted by atomic mass is 9.78. The molecule has 0 amide bonds. The summed E-state index contributed by atoms with van der Waals surface area (Å²) in [5.74, 6) is 0. The van der Waals surface area contributed by atoms with Crippen molar-refractivity contribution in [2.24, 2.45) is 0 Å². The van der Waals surface area contributed by atoms with Gasteiger partial charge in [0.1, 0.15) is 0 Å². The third kappa shape index (κ3) is 7.45. The summed E-state index contributed by atoms with van der Waals surface area (Å²) in [6.07, 6.45) is 15.1. The highest BCUT2D eigenvalue weighted by atomic mass is 16.7. The molecule has 1 aliphatic rings. The Bertz CT molecular complexity index is 807. The molecule has 0 bridgehead atoms. The maximum Gasteiger partial charge on any atom is 0.494 e. The monoisotopic (exact) mass is 448 g/mol. The fraction of sp³-hybridized carbons (Fsp3) is 0.600. The lowest BCUT2D eigenvalue weighted by Crippen LogP contribution is -2.41. The van der Waals surface area contributed by atoms with E-state index in [0.29, 0.717) is 0 Å². The van der Waals surface area contributed by atoms with E-state index < -0.39 is 0 Å². The molecule has 2 aromatic carbocycles. The summed E-state index contributed by atoms with van der Waals surface area (Å²) in [6.45, 7) is 10.7. The van der Waals surface area contributed by atoms with E-state index in [1.165, 1.54) is 87.3 Å². The Morgan fingerprint density at radius 3 is 1.48 bits per heavy atom. The van der Waals surface area contributed by atoms with Gasteiger partial charge in [0, 0.05) is 0 Å². The Morgan fingerprint density at radius 2 is 1.00 bits per heavy atom. The molecule has 1 heterocycles. The van der Waals surface area contributed by atoms with Crippen LogP contribution in [0.15, 0.2) is 48.5 Å². The van der Waals surface area contributed by atoms with Gasteiger partial charge in [0.2, 0.25) is 0 Å². The number of hydrogen-bond donors (Lipinski definition) is 0. The van der Waals surface area contributed by atoms with Crippen LogP contribution in [0.2, 0.25) is 0 Å². The van der Waals surface area contributed by atoms with Crippen LogP contribution < -0.4 is 5.46 Å². The molecule has 33 heavy (non-hydrogen) atoms. The van der Waals surface area contributed by atoms with E-state index in [0.717, 1.165) is 5.46 Å². The zero-order valence-corrected chi connectivity index (χ0v) is 21.8. The minimum atomic E-state index is -0.305. The number of benzene rings is 2. The van der Waals surface area contributed by atoms with Gasteiger partial charge in [0.05, 0.1) is 11.2 Å². The van der Waals surface area contributed by atoms with Gasteiger partial charge in [-0.25, -0.2) is 0 Å². The molecule has 3 rings (SSSR count). The summed E-state index contributed by atoms with van der Waals surface area (Å²) in [4.78, 5) is 0. The van der Waals surface area contributed by atoms with Gasteiger partial charge in [-0.2, -0.15) is 0 Å². The molecule has 0 N–H and O–H groups in total. The van der Waals surface area contributed by atoms with Crippen molar-refractivity contribution in [1.82, 2.24) is 0 Å². The van der Waals surface area contributed by atoms with Crippen molar-refractivity contribution in [2.45, 2.75) is 116 Å². The standard InChI is InChI=1S/C30H45BO2/c1-6-7-8-9-10-11-12-13-14-15-16-25-17-19-26(20-18-25)27-21-23-28(24-22-27)31-32-29(2,3)30(4,5)33-31/h17-24H,6-16H2,1-5H3. The van der Waals surface area contributed by atoms with Gasteiger partial charge < -0.3 is 9.31 Å². The molecule has 0 aromatic heterocycles. The van der Waals surface area contributed by atoms with Crippen molar-refractivity contribution in [3.05, 3.63) is 54.1 Å². The maximum atomic E-state index is 6.18. The van der Waals surface area contributed by atoms with Crippen LogP contribution in [0, 0.1) is 0 Å². The summed E-state index contributed by atoms with van der Waals surface area (Å²) in [7, 11) is -0.299. The third-order valence-corrected chi connectivity index (χ3v) is 7.54. The van der Waals surface area contributed by atoms with Crippen LogP contribution in [-0.4, -0.2) is 18.3 Å². The Kier molecular flexibility index (Phi) is 9.64. The second kappa shape index (κ2) is 12.2. The molecule has 0 saturated carbocycles. The average Bonchev–Trinajstić information content (AvgIpc) is 3.02. The van der Waals surface area contributed by atoms with Gasteiger partial charge in [0.15, 0.2) is 0 Å². The summed E-state index contributed by atoms with van der Waals surface area (Å²) in [5.41, 5.74) is 4.42. The second-order valence-corrected chi connectivity index (χ2v) is 10.8. The number of hydrogen-bond acceptors (Lipinski definition) is 2. The van der Waals surface area contributed by atoms with E-state index in [1.54, 1.807) is 0 Å². The molecule has 2 aromatic rings. The molecule has 1 saturated heterocycles. The van der Waals surface area contributed by atoms with Crippen molar-refractivity contribution in [3.63, 3.8) is 0 Å². The molecule has 0 unspecified atom stereocenters. The van der Waals surface area contributed by atoms with Gasteiger partial charge in [-0.05, 0) is 62.7 Å². The Hall–Kier alpha value is -1.58. The molecule has 0 aliphatic carbocycles. The van der Waals surface area contributed by atoms with Gasteiger partial charge in [-0.3, -0.25) is 0 Å². The average molecular weight is 449 g/mol. The van der Waals surface area contributed by atoms with E-state index in [2.05, 4.69) is 83.1 Å². The zero-order valence-electron chi connectivity index (χ0n) is 21.8. The lowest BCUT2D eigenvalue weighted by molar-refractivity contribution is 0.00578. The topological polar surface area (TPSA) is 18.5 Å². The van der Waals surface area contributed by atoms with E-state index in [9.17, 15) is 0 Å². The fourth-order valence-corrected chi connectivity index (χ4v) is 4.49. The third-order valence-electron chi connectivity index (χ3n) is 7.54. The van der Waals surface area contributed by atoms with E-state index in [4.69, 9.17) is 9.31 Å². The second-order valence-electron chi connectivity index (χ2n) is 10.8. The highest BCUT2D eigenvalue weighted by Gasteiger charge is 2.51. The van der Waals surface area contributed by atoms with Crippen LogP contribution in [0.3, 0.4) is 0 Å². The van der Waals surface area contributed by atoms with Crippen molar-refractivity contribution < 1.29 is 9.31 Å². The molecule has 0 spiro atoms. The highest BCUT2D eigenvalue weighted by Crippen LogP contribution is 2.36. The van der Waals surface area contributed by atoms with E-state index >= 15 is 0 Å². The first-order valence-electron chi connectivity index (χ1n) is 13.4. The Morgan fingerprint density at radius 1 is 0.576 bits per heavy atom. The predicted molar refractivity (Wildman–Crippen MR) is 143 cm³/mol. The molecular weight excluding hydrogens is 403 g/mol. The van der Waals surface area contributed by atoms with Crippen molar-refractivity contribution in [3.8, 4) is 11.1 Å². The number of unbranched alkanes of at least 4 members (excludes halogenated alkanes) is 9. The van der Waals surface area contributed by atoms with E-state index in [-0.39, 0.29) is 18.3 Å². The van der Waals surface area contributed by atoms with Crippen LogP contribution in [0.5, 0.6) is 0 Å². The summed E-state index contributed by atoms with van der Waals surface area (Å²) >= 11 is 0. The molecule has 0 radical (unpaired) electrons. The van der Waals surface area contributed by atoms with Gasteiger partial charge in [-0.15, -0.1) is 0 Å².